The molecular weight excluding hydrogens is 276 g/mol. The van der Waals surface area contributed by atoms with E-state index in [1.807, 2.05) is 6.92 Å². The number of nitrogens with one attached hydrogen (secondary N) is 1. The fraction of sp³-hybridized carbons (Fsp3) is 0.500. The van der Waals surface area contributed by atoms with E-state index < -0.39 is 0 Å². The number of aromatic nitrogens is 1. The van der Waals surface area contributed by atoms with E-state index in [1.165, 1.54) is 27.7 Å². The van der Waals surface area contributed by atoms with Crippen molar-refractivity contribution in [2.45, 2.75) is 39.7 Å². The van der Waals surface area contributed by atoms with Crippen molar-refractivity contribution in [2.24, 2.45) is 0 Å². The molecule has 0 bridgehead atoms. The van der Waals surface area contributed by atoms with Crippen LogP contribution in [0.2, 0.25) is 0 Å². The molecule has 0 saturated carbocycles. The van der Waals surface area contributed by atoms with Crippen molar-refractivity contribution < 1.29 is 9.53 Å². The number of rotatable bonds is 4. The van der Waals surface area contributed by atoms with Gasteiger partial charge < -0.3 is 9.72 Å². The Kier molecular flexibility index (Phi) is 4.48. The fourth-order valence-electron chi connectivity index (χ4n) is 3.27. The van der Waals surface area contributed by atoms with Gasteiger partial charge in [-0.05, 0) is 50.9 Å². The number of aryl methyl sites for hydroxylation is 2. The molecule has 0 amide bonds. The Hall–Kier alpha value is -1.81. The molecule has 2 aromatic rings. The quantitative estimate of drug-likeness (QED) is 0.882. The Labute approximate surface area is 131 Å². The first-order valence-corrected chi connectivity index (χ1v) is 8.15. The van der Waals surface area contributed by atoms with Crippen molar-refractivity contribution in [1.29, 1.82) is 0 Å². The average molecular weight is 300 g/mol. The molecule has 0 aliphatic carbocycles. The van der Waals surface area contributed by atoms with Crippen LogP contribution in [0.3, 0.4) is 0 Å². The first kappa shape index (κ1) is 15.1. The zero-order chi connectivity index (χ0) is 15.5. The van der Waals surface area contributed by atoms with E-state index in [2.05, 4.69) is 35.0 Å². The van der Waals surface area contributed by atoms with E-state index >= 15 is 0 Å². The third-order valence-electron chi connectivity index (χ3n) is 4.37. The highest BCUT2D eigenvalue weighted by Crippen LogP contribution is 2.28. The molecule has 0 unspecified atom stereocenters. The molecule has 0 fully saturated rings. The summed E-state index contributed by atoms with van der Waals surface area (Å²) in [5.41, 5.74) is 5.28. The van der Waals surface area contributed by atoms with Crippen molar-refractivity contribution in [3.63, 3.8) is 0 Å². The van der Waals surface area contributed by atoms with Crippen LogP contribution in [0.1, 0.15) is 36.6 Å². The van der Waals surface area contributed by atoms with Gasteiger partial charge in [0, 0.05) is 29.7 Å². The molecule has 4 nitrogen and oxygen atoms in total. The summed E-state index contributed by atoms with van der Waals surface area (Å²) in [6, 6.07) is 6.58. The number of hydrogen-bond acceptors (Lipinski definition) is 3. The monoisotopic (exact) mass is 300 g/mol. The summed E-state index contributed by atoms with van der Waals surface area (Å²) in [7, 11) is 0. The van der Waals surface area contributed by atoms with Gasteiger partial charge in [-0.3, -0.25) is 9.69 Å². The van der Waals surface area contributed by atoms with Crippen LogP contribution in [0, 0.1) is 6.92 Å². The highest BCUT2D eigenvalue weighted by Gasteiger charge is 2.19. The number of carbonyl (C=O) groups is 1. The molecule has 0 radical (unpaired) electrons. The van der Waals surface area contributed by atoms with Gasteiger partial charge in [0.15, 0.2) is 0 Å². The average Bonchev–Trinajstić information content (AvgIpc) is 2.70. The highest BCUT2D eigenvalue weighted by atomic mass is 16.5. The number of H-pyrrole nitrogens is 1. The van der Waals surface area contributed by atoms with Crippen molar-refractivity contribution in [3.05, 3.63) is 35.0 Å². The van der Waals surface area contributed by atoms with Crippen LogP contribution >= 0.6 is 0 Å². The molecule has 4 heteroatoms. The molecule has 0 saturated heterocycles. The van der Waals surface area contributed by atoms with Gasteiger partial charge in [0.2, 0.25) is 0 Å². The molecule has 3 rings (SSSR count). The van der Waals surface area contributed by atoms with Crippen molar-refractivity contribution in [3.8, 4) is 0 Å². The Balaban J connectivity index is 1.78. The molecule has 1 aliphatic heterocycles. The van der Waals surface area contributed by atoms with Crippen LogP contribution in [0.4, 0.5) is 0 Å². The SMILES string of the molecule is CCOC(=O)CCN1CCCc2[nH]c3ccc(C)cc3c2C1. The molecule has 1 aromatic heterocycles. The summed E-state index contributed by atoms with van der Waals surface area (Å²) in [4.78, 5) is 17.5. The van der Waals surface area contributed by atoms with Gasteiger partial charge in [-0.25, -0.2) is 0 Å². The van der Waals surface area contributed by atoms with E-state index in [4.69, 9.17) is 4.74 Å². The van der Waals surface area contributed by atoms with Crippen LogP contribution < -0.4 is 0 Å². The van der Waals surface area contributed by atoms with E-state index in [9.17, 15) is 4.79 Å². The standard InChI is InChI=1S/C18H24N2O2/c1-3-22-18(21)8-10-20-9-4-5-16-15(12-20)14-11-13(2)6-7-17(14)19-16/h6-7,11,19H,3-5,8-10,12H2,1-2H3. The summed E-state index contributed by atoms with van der Waals surface area (Å²) in [6.07, 6.45) is 2.69. The second-order valence-corrected chi connectivity index (χ2v) is 6.07. The van der Waals surface area contributed by atoms with Gasteiger partial charge in [-0.2, -0.15) is 0 Å². The van der Waals surface area contributed by atoms with Crippen LogP contribution in [0.25, 0.3) is 10.9 Å². The Morgan fingerprint density at radius 2 is 2.27 bits per heavy atom. The number of ether oxygens (including phenoxy) is 1. The normalized spacial score (nSPS) is 15.5. The molecule has 1 aliphatic rings. The number of aromatic amines is 1. The number of esters is 1. The summed E-state index contributed by atoms with van der Waals surface area (Å²) >= 11 is 0. The van der Waals surface area contributed by atoms with Crippen LogP contribution in [-0.4, -0.2) is 35.5 Å². The molecule has 2 heterocycles. The van der Waals surface area contributed by atoms with Crippen molar-refractivity contribution in [1.82, 2.24) is 9.88 Å². The van der Waals surface area contributed by atoms with Gasteiger partial charge >= 0.3 is 5.97 Å². The summed E-state index contributed by atoms with van der Waals surface area (Å²) in [6.45, 7) is 7.17. The first-order chi connectivity index (χ1) is 10.7. The Morgan fingerprint density at radius 1 is 1.41 bits per heavy atom. The molecular formula is C18H24N2O2. The first-order valence-electron chi connectivity index (χ1n) is 8.15. The van der Waals surface area contributed by atoms with Gasteiger partial charge in [-0.15, -0.1) is 0 Å². The maximum Gasteiger partial charge on any atom is 0.307 e. The Morgan fingerprint density at radius 3 is 3.09 bits per heavy atom. The van der Waals surface area contributed by atoms with Crippen molar-refractivity contribution >= 4 is 16.9 Å². The maximum absolute atomic E-state index is 11.6. The van der Waals surface area contributed by atoms with Gasteiger partial charge in [0.25, 0.3) is 0 Å². The number of hydrogen-bond donors (Lipinski definition) is 1. The minimum absolute atomic E-state index is 0.0956. The van der Waals surface area contributed by atoms with E-state index in [-0.39, 0.29) is 5.97 Å². The molecule has 1 N–H and O–H groups in total. The molecule has 118 valence electrons. The number of benzene rings is 1. The summed E-state index contributed by atoms with van der Waals surface area (Å²) in [5.74, 6) is -0.0956. The number of carbonyl (C=O) groups excluding carboxylic acids is 1. The topological polar surface area (TPSA) is 45.3 Å². The minimum Gasteiger partial charge on any atom is -0.466 e. The lowest BCUT2D eigenvalue weighted by Crippen LogP contribution is -2.26. The van der Waals surface area contributed by atoms with Crippen LogP contribution in [0.5, 0.6) is 0 Å². The zero-order valence-corrected chi connectivity index (χ0v) is 13.4. The van der Waals surface area contributed by atoms with Crippen molar-refractivity contribution in [2.75, 3.05) is 19.7 Å². The minimum atomic E-state index is -0.0956. The number of fused-ring (bicyclic) bond motifs is 3. The largest absolute Gasteiger partial charge is 0.466 e. The zero-order valence-electron chi connectivity index (χ0n) is 13.4. The lowest BCUT2D eigenvalue weighted by atomic mass is 10.1. The predicted octanol–water partition coefficient (Wildman–Crippen LogP) is 3.18. The van der Waals surface area contributed by atoms with E-state index in [0.29, 0.717) is 13.0 Å². The van der Waals surface area contributed by atoms with Gasteiger partial charge in [0.1, 0.15) is 0 Å². The molecule has 0 atom stereocenters. The lowest BCUT2D eigenvalue weighted by Gasteiger charge is -2.19. The second kappa shape index (κ2) is 6.53. The van der Waals surface area contributed by atoms with Crippen LogP contribution in [0.15, 0.2) is 18.2 Å². The van der Waals surface area contributed by atoms with E-state index in [1.54, 1.807) is 0 Å². The summed E-state index contributed by atoms with van der Waals surface area (Å²) < 4.78 is 5.03. The van der Waals surface area contributed by atoms with E-state index in [0.717, 1.165) is 32.5 Å². The smallest absolute Gasteiger partial charge is 0.307 e. The molecule has 0 spiro atoms. The maximum atomic E-state index is 11.6. The van der Waals surface area contributed by atoms with Gasteiger partial charge in [-0.1, -0.05) is 11.6 Å². The lowest BCUT2D eigenvalue weighted by molar-refractivity contribution is -0.143. The fourth-order valence-corrected chi connectivity index (χ4v) is 3.27. The molecule has 22 heavy (non-hydrogen) atoms. The van der Waals surface area contributed by atoms with Gasteiger partial charge in [0.05, 0.1) is 13.0 Å². The predicted molar refractivity (Wildman–Crippen MR) is 87.9 cm³/mol. The second-order valence-electron chi connectivity index (χ2n) is 6.07. The number of nitrogens with zero attached hydrogens (tertiary/aromatic N) is 1. The Bertz CT molecular complexity index is 675. The third kappa shape index (κ3) is 3.17. The molecule has 1 aromatic carbocycles. The third-order valence-corrected chi connectivity index (χ3v) is 4.37. The van der Waals surface area contributed by atoms with Crippen LogP contribution in [-0.2, 0) is 22.5 Å². The highest BCUT2D eigenvalue weighted by molar-refractivity contribution is 5.85. The summed E-state index contributed by atoms with van der Waals surface area (Å²) in [5, 5.41) is 1.33.